The van der Waals surface area contributed by atoms with Crippen molar-refractivity contribution in [3.63, 3.8) is 0 Å². The van der Waals surface area contributed by atoms with E-state index in [1.807, 2.05) is 0 Å². The van der Waals surface area contributed by atoms with E-state index in [0.29, 0.717) is 5.75 Å². The second-order valence-electron chi connectivity index (χ2n) is 2.48. The number of rotatable bonds is 3. The van der Waals surface area contributed by atoms with Crippen LogP contribution < -0.4 is 10.5 Å². The lowest BCUT2D eigenvalue weighted by Crippen LogP contribution is -2.19. The van der Waals surface area contributed by atoms with Crippen molar-refractivity contribution in [3.8, 4) is 5.75 Å². The van der Waals surface area contributed by atoms with Crippen LogP contribution >= 0.6 is 0 Å². The Kier molecular flexibility index (Phi) is 3.42. The molecule has 0 aliphatic rings. The zero-order valence-corrected chi connectivity index (χ0v) is 7.06. The molecule has 0 heterocycles. The van der Waals surface area contributed by atoms with Crippen molar-refractivity contribution in [2.45, 2.75) is 6.61 Å². The third kappa shape index (κ3) is 2.85. The largest absolute Gasteiger partial charge is 0.426 e. The molecule has 1 aromatic rings. The van der Waals surface area contributed by atoms with E-state index in [-0.39, 0.29) is 13.2 Å². The zero-order valence-electron chi connectivity index (χ0n) is 7.06. The van der Waals surface area contributed by atoms with Crippen LogP contribution in [0.3, 0.4) is 0 Å². The van der Waals surface area contributed by atoms with Crippen molar-refractivity contribution < 1.29 is 14.6 Å². The molecule has 4 heteroatoms. The van der Waals surface area contributed by atoms with Gasteiger partial charge in [-0.25, -0.2) is 0 Å². The summed E-state index contributed by atoms with van der Waals surface area (Å²) in [7, 11) is 0. The van der Waals surface area contributed by atoms with Crippen LogP contribution in [-0.2, 0) is 11.4 Å². The van der Waals surface area contributed by atoms with E-state index >= 15 is 0 Å². The van der Waals surface area contributed by atoms with Gasteiger partial charge in [-0.05, 0) is 17.7 Å². The second-order valence-corrected chi connectivity index (χ2v) is 2.48. The average Bonchev–Trinajstić information content (AvgIpc) is 2.19. The molecule has 0 saturated carbocycles. The molecule has 0 amide bonds. The van der Waals surface area contributed by atoms with Crippen molar-refractivity contribution in [3.05, 3.63) is 29.8 Å². The van der Waals surface area contributed by atoms with E-state index in [1.54, 1.807) is 24.3 Å². The molecule has 0 atom stereocenters. The fourth-order valence-electron chi connectivity index (χ4n) is 0.836. The maximum absolute atomic E-state index is 10.7. The van der Waals surface area contributed by atoms with Crippen molar-refractivity contribution in [1.29, 1.82) is 0 Å². The van der Waals surface area contributed by atoms with Crippen LogP contribution in [0.2, 0.25) is 0 Å². The van der Waals surface area contributed by atoms with E-state index in [0.717, 1.165) is 5.56 Å². The van der Waals surface area contributed by atoms with Crippen molar-refractivity contribution in [2.24, 2.45) is 5.73 Å². The van der Waals surface area contributed by atoms with Gasteiger partial charge in [-0.3, -0.25) is 4.79 Å². The second kappa shape index (κ2) is 4.59. The molecule has 0 aliphatic heterocycles. The molecular weight excluding hydrogens is 170 g/mol. The number of carbonyl (C=O) groups excluding carboxylic acids is 1. The monoisotopic (exact) mass is 181 g/mol. The minimum atomic E-state index is -0.475. The van der Waals surface area contributed by atoms with Crippen LogP contribution in [0.4, 0.5) is 0 Å². The van der Waals surface area contributed by atoms with E-state index in [9.17, 15) is 4.79 Å². The Morgan fingerprint density at radius 2 is 2.00 bits per heavy atom. The summed E-state index contributed by atoms with van der Waals surface area (Å²) in [6, 6.07) is 6.58. The highest BCUT2D eigenvalue weighted by Crippen LogP contribution is 2.11. The lowest BCUT2D eigenvalue weighted by Gasteiger charge is -2.02. The number of benzene rings is 1. The van der Waals surface area contributed by atoms with E-state index in [2.05, 4.69) is 0 Å². The fraction of sp³-hybridized carbons (Fsp3) is 0.222. The molecule has 0 fully saturated rings. The Balaban J connectivity index is 2.64. The molecule has 3 N–H and O–H groups in total. The Bertz CT molecular complexity index is 281. The number of ether oxygens (including phenoxy) is 1. The summed E-state index contributed by atoms with van der Waals surface area (Å²) in [5.41, 5.74) is 5.83. The summed E-state index contributed by atoms with van der Waals surface area (Å²) in [5.74, 6) is -0.0376. The Morgan fingerprint density at radius 3 is 2.46 bits per heavy atom. The first-order chi connectivity index (χ1) is 6.26. The Labute approximate surface area is 75.9 Å². The summed E-state index contributed by atoms with van der Waals surface area (Å²) in [5, 5.41) is 8.73. The van der Waals surface area contributed by atoms with Crippen molar-refractivity contribution in [2.75, 3.05) is 6.54 Å². The van der Waals surface area contributed by atoms with Crippen LogP contribution in [0.25, 0.3) is 0 Å². The van der Waals surface area contributed by atoms with E-state index in [1.165, 1.54) is 0 Å². The molecular formula is C9H11NO3. The summed E-state index contributed by atoms with van der Waals surface area (Å²) in [4.78, 5) is 10.7. The highest BCUT2D eigenvalue weighted by atomic mass is 16.5. The summed E-state index contributed by atoms with van der Waals surface area (Å²) in [6.45, 7) is -0.160. The minimum Gasteiger partial charge on any atom is -0.426 e. The topological polar surface area (TPSA) is 72.6 Å². The molecule has 4 nitrogen and oxygen atoms in total. The molecule has 13 heavy (non-hydrogen) atoms. The van der Waals surface area contributed by atoms with Gasteiger partial charge in [0.2, 0.25) is 0 Å². The minimum absolute atomic E-state index is 0.0227. The lowest BCUT2D eigenvalue weighted by molar-refractivity contribution is -0.132. The first-order valence-electron chi connectivity index (χ1n) is 3.87. The SMILES string of the molecule is NCC(=O)Oc1ccc(CO)cc1. The molecule has 0 bridgehead atoms. The van der Waals surface area contributed by atoms with Gasteiger partial charge in [-0.1, -0.05) is 12.1 Å². The number of nitrogens with two attached hydrogens (primary N) is 1. The smallest absolute Gasteiger partial charge is 0.325 e. The summed E-state index contributed by atoms with van der Waals surface area (Å²) in [6.07, 6.45) is 0. The number of esters is 1. The van der Waals surface area contributed by atoms with Gasteiger partial charge in [0.25, 0.3) is 0 Å². The highest BCUT2D eigenvalue weighted by molar-refractivity contribution is 5.74. The molecule has 1 rings (SSSR count). The third-order valence-corrected chi connectivity index (χ3v) is 1.50. The van der Waals surface area contributed by atoms with Crippen molar-refractivity contribution >= 4 is 5.97 Å². The number of aliphatic hydroxyl groups excluding tert-OH is 1. The van der Waals surface area contributed by atoms with Gasteiger partial charge in [0.05, 0.1) is 13.2 Å². The maximum Gasteiger partial charge on any atom is 0.325 e. The summed E-state index contributed by atoms with van der Waals surface area (Å²) < 4.78 is 4.82. The third-order valence-electron chi connectivity index (χ3n) is 1.50. The number of carbonyl (C=O) groups is 1. The quantitative estimate of drug-likeness (QED) is 0.510. The number of aliphatic hydroxyl groups is 1. The lowest BCUT2D eigenvalue weighted by atomic mass is 10.2. The number of hydrogen-bond donors (Lipinski definition) is 2. The van der Waals surface area contributed by atoms with Gasteiger partial charge in [0.15, 0.2) is 0 Å². The van der Waals surface area contributed by atoms with E-state index < -0.39 is 5.97 Å². The number of hydrogen-bond acceptors (Lipinski definition) is 4. The first-order valence-corrected chi connectivity index (χ1v) is 3.87. The summed E-state index contributed by atoms with van der Waals surface area (Å²) >= 11 is 0. The first kappa shape index (κ1) is 9.70. The molecule has 1 aromatic carbocycles. The van der Waals surface area contributed by atoms with Gasteiger partial charge >= 0.3 is 5.97 Å². The van der Waals surface area contributed by atoms with E-state index in [4.69, 9.17) is 15.6 Å². The van der Waals surface area contributed by atoms with Gasteiger partial charge in [0, 0.05) is 0 Å². The molecule has 0 spiro atoms. The van der Waals surface area contributed by atoms with Gasteiger partial charge in [-0.15, -0.1) is 0 Å². The fourth-order valence-corrected chi connectivity index (χ4v) is 0.836. The predicted octanol–water partition coefficient (Wildman–Crippen LogP) is 0.0430. The predicted molar refractivity (Wildman–Crippen MR) is 47.1 cm³/mol. The van der Waals surface area contributed by atoms with Gasteiger partial charge in [0.1, 0.15) is 5.75 Å². The molecule has 0 radical (unpaired) electrons. The standard InChI is InChI=1S/C9H11NO3/c10-5-9(12)13-8-3-1-7(6-11)2-4-8/h1-4,11H,5-6,10H2. The molecule has 0 unspecified atom stereocenters. The zero-order chi connectivity index (χ0) is 9.68. The van der Waals surface area contributed by atoms with Crippen LogP contribution in [0, 0.1) is 0 Å². The average molecular weight is 181 g/mol. The maximum atomic E-state index is 10.7. The van der Waals surface area contributed by atoms with Crippen LogP contribution in [0.15, 0.2) is 24.3 Å². The normalized spacial score (nSPS) is 9.69. The highest BCUT2D eigenvalue weighted by Gasteiger charge is 2.00. The van der Waals surface area contributed by atoms with Gasteiger partial charge in [-0.2, -0.15) is 0 Å². The Morgan fingerprint density at radius 1 is 1.38 bits per heavy atom. The van der Waals surface area contributed by atoms with Gasteiger partial charge < -0.3 is 15.6 Å². The van der Waals surface area contributed by atoms with Crippen molar-refractivity contribution in [1.82, 2.24) is 0 Å². The van der Waals surface area contributed by atoms with Crippen LogP contribution in [0.1, 0.15) is 5.56 Å². The molecule has 0 aliphatic carbocycles. The van der Waals surface area contributed by atoms with Crippen LogP contribution in [0.5, 0.6) is 5.75 Å². The Hall–Kier alpha value is -1.39. The molecule has 70 valence electrons. The van der Waals surface area contributed by atoms with Crippen LogP contribution in [-0.4, -0.2) is 17.6 Å². The molecule has 0 saturated heterocycles. The molecule has 0 aromatic heterocycles.